The molecule has 1 N–H and O–H groups in total. The smallest absolute Gasteiger partial charge is 0.262 e. The van der Waals surface area contributed by atoms with Crippen LogP contribution in [0.1, 0.15) is 11.1 Å². The van der Waals surface area contributed by atoms with Gasteiger partial charge >= 0.3 is 0 Å². The Morgan fingerprint density at radius 3 is 2.69 bits per heavy atom. The third-order valence-corrected chi connectivity index (χ3v) is 5.86. The lowest BCUT2D eigenvalue weighted by molar-refractivity contribution is 0.0915. The summed E-state index contributed by atoms with van der Waals surface area (Å²) in [7, 11) is 0. The summed E-state index contributed by atoms with van der Waals surface area (Å²) in [6.07, 6.45) is 0.674. The molecule has 0 saturated carbocycles. The molecular weight excluding hydrogens is 384 g/mol. The van der Waals surface area contributed by atoms with E-state index in [2.05, 4.69) is 31.0 Å². The SMILES string of the molecule is Cc1ccc(-c2csc3ncn(C[C@@H](O)COc4ccccc4)c(=O)c23)cc1C. The molecule has 2 aromatic carbocycles. The summed E-state index contributed by atoms with van der Waals surface area (Å²) < 4.78 is 7.04. The molecule has 2 heterocycles. The highest BCUT2D eigenvalue weighted by molar-refractivity contribution is 7.17. The van der Waals surface area contributed by atoms with E-state index in [4.69, 9.17) is 4.74 Å². The Kier molecular flexibility index (Phi) is 5.47. The number of para-hydroxylation sites is 1. The maximum absolute atomic E-state index is 13.1. The van der Waals surface area contributed by atoms with Crippen LogP contribution in [0, 0.1) is 13.8 Å². The van der Waals surface area contributed by atoms with Gasteiger partial charge in [-0.3, -0.25) is 9.36 Å². The summed E-state index contributed by atoms with van der Waals surface area (Å²) in [6, 6.07) is 15.5. The minimum Gasteiger partial charge on any atom is -0.491 e. The van der Waals surface area contributed by atoms with Crippen molar-refractivity contribution in [2.75, 3.05) is 6.61 Å². The molecule has 5 nitrogen and oxygen atoms in total. The fourth-order valence-electron chi connectivity index (χ4n) is 3.21. The number of aliphatic hydroxyl groups is 1. The van der Waals surface area contributed by atoms with Crippen LogP contribution in [0.15, 0.2) is 65.0 Å². The lowest BCUT2D eigenvalue weighted by Gasteiger charge is -2.14. The predicted octanol–water partition coefficient (Wildman–Crippen LogP) is 4.18. The summed E-state index contributed by atoms with van der Waals surface area (Å²) in [5.41, 5.74) is 4.13. The van der Waals surface area contributed by atoms with Crippen molar-refractivity contribution in [3.63, 3.8) is 0 Å². The molecule has 0 saturated heterocycles. The van der Waals surface area contributed by atoms with Gasteiger partial charge in [0.25, 0.3) is 5.56 Å². The first-order valence-corrected chi connectivity index (χ1v) is 10.3. The average Bonchev–Trinajstić information content (AvgIpc) is 3.16. The number of fused-ring (bicyclic) bond motifs is 1. The van der Waals surface area contributed by atoms with Crippen molar-refractivity contribution in [3.05, 3.63) is 81.7 Å². The Balaban J connectivity index is 1.60. The predicted molar refractivity (Wildman–Crippen MR) is 117 cm³/mol. The molecule has 0 aliphatic rings. The van der Waals surface area contributed by atoms with Gasteiger partial charge in [-0.25, -0.2) is 4.98 Å². The van der Waals surface area contributed by atoms with Gasteiger partial charge in [-0.1, -0.05) is 36.4 Å². The number of nitrogens with zero attached hydrogens (tertiary/aromatic N) is 2. The van der Waals surface area contributed by atoms with Gasteiger partial charge in [-0.15, -0.1) is 11.3 Å². The van der Waals surface area contributed by atoms with Crippen molar-refractivity contribution in [2.45, 2.75) is 26.5 Å². The fraction of sp³-hybridized carbons (Fsp3) is 0.217. The molecule has 1 atom stereocenters. The number of aliphatic hydroxyl groups excluding tert-OH is 1. The van der Waals surface area contributed by atoms with Crippen LogP contribution in [0.2, 0.25) is 0 Å². The van der Waals surface area contributed by atoms with Crippen LogP contribution in [-0.2, 0) is 6.54 Å². The van der Waals surface area contributed by atoms with Crippen LogP contribution in [0.3, 0.4) is 0 Å². The summed E-state index contributed by atoms with van der Waals surface area (Å²) in [5, 5.41) is 12.9. The van der Waals surface area contributed by atoms with E-state index >= 15 is 0 Å². The van der Waals surface area contributed by atoms with Gasteiger partial charge in [-0.05, 0) is 42.7 Å². The van der Waals surface area contributed by atoms with Crippen LogP contribution in [0.5, 0.6) is 5.75 Å². The van der Waals surface area contributed by atoms with Gasteiger partial charge in [0.05, 0.1) is 18.3 Å². The number of hydrogen-bond acceptors (Lipinski definition) is 5. The maximum atomic E-state index is 13.1. The zero-order valence-corrected chi connectivity index (χ0v) is 17.1. The minimum absolute atomic E-state index is 0.0993. The molecule has 0 aliphatic carbocycles. The summed E-state index contributed by atoms with van der Waals surface area (Å²) in [4.78, 5) is 18.3. The molecule has 0 unspecified atom stereocenters. The van der Waals surface area contributed by atoms with E-state index in [9.17, 15) is 9.90 Å². The molecule has 148 valence electrons. The fourth-order valence-corrected chi connectivity index (χ4v) is 4.11. The molecule has 2 aromatic heterocycles. The van der Waals surface area contributed by atoms with Crippen molar-refractivity contribution in [1.29, 1.82) is 0 Å². The van der Waals surface area contributed by atoms with Crippen molar-refractivity contribution >= 4 is 21.6 Å². The quantitative estimate of drug-likeness (QED) is 0.522. The second-order valence-corrected chi connectivity index (χ2v) is 7.97. The van der Waals surface area contributed by atoms with Crippen LogP contribution < -0.4 is 10.3 Å². The first-order valence-electron chi connectivity index (χ1n) is 9.43. The monoisotopic (exact) mass is 406 g/mol. The molecule has 0 fully saturated rings. The summed E-state index contributed by atoms with van der Waals surface area (Å²) in [5.74, 6) is 0.683. The second kappa shape index (κ2) is 8.19. The van der Waals surface area contributed by atoms with Crippen LogP contribution in [0.25, 0.3) is 21.3 Å². The normalized spacial score (nSPS) is 12.2. The topological polar surface area (TPSA) is 64.3 Å². The van der Waals surface area contributed by atoms with Crippen LogP contribution in [0.4, 0.5) is 0 Å². The molecule has 0 radical (unpaired) electrons. The van der Waals surface area contributed by atoms with Crippen LogP contribution in [-0.4, -0.2) is 27.4 Å². The maximum Gasteiger partial charge on any atom is 0.262 e. The van der Waals surface area contributed by atoms with E-state index in [0.717, 1.165) is 11.1 Å². The van der Waals surface area contributed by atoms with E-state index in [1.165, 1.54) is 33.4 Å². The Hall–Kier alpha value is -2.96. The number of aryl methyl sites for hydroxylation is 2. The summed E-state index contributed by atoms with van der Waals surface area (Å²) >= 11 is 1.46. The third kappa shape index (κ3) is 4.09. The van der Waals surface area contributed by atoms with E-state index in [-0.39, 0.29) is 18.7 Å². The Labute approximate surface area is 172 Å². The van der Waals surface area contributed by atoms with Gasteiger partial charge in [0, 0.05) is 10.9 Å². The van der Waals surface area contributed by atoms with Crippen LogP contribution >= 0.6 is 11.3 Å². The van der Waals surface area contributed by atoms with E-state index in [1.807, 2.05) is 41.8 Å². The van der Waals surface area contributed by atoms with Gasteiger partial charge in [0.2, 0.25) is 0 Å². The Morgan fingerprint density at radius 1 is 1.14 bits per heavy atom. The molecular formula is C23H22N2O3S. The van der Waals surface area contributed by atoms with E-state index in [1.54, 1.807) is 0 Å². The number of rotatable bonds is 6. The highest BCUT2D eigenvalue weighted by atomic mass is 32.1. The van der Waals surface area contributed by atoms with E-state index < -0.39 is 6.10 Å². The highest BCUT2D eigenvalue weighted by Gasteiger charge is 2.15. The standard InChI is InChI=1S/C23H22N2O3S/c1-15-8-9-17(10-16(15)2)20-13-29-22-21(20)23(27)25(14-24-22)11-18(26)12-28-19-6-4-3-5-7-19/h3-10,13-14,18,26H,11-12H2,1-2H3/t18-/m1/s1. The number of aromatic nitrogens is 2. The zero-order chi connectivity index (χ0) is 20.4. The number of thiophene rings is 1. The van der Waals surface area contributed by atoms with E-state index in [0.29, 0.717) is 16.0 Å². The average molecular weight is 407 g/mol. The molecule has 0 spiro atoms. The molecule has 0 aliphatic heterocycles. The third-order valence-electron chi connectivity index (χ3n) is 4.97. The van der Waals surface area contributed by atoms with Crippen molar-refractivity contribution < 1.29 is 9.84 Å². The highest BCUT2D eigenvalue weighted by Crippen LogP contribution is 2.31. The van der Waals surface area contributed by atoms with Crippen molar-refractivity contribution in [1.82, 2.24) is 9.55 Å². The van der Waals surface area contributed by atoms with Gasteiger partial charge < -0.3 is 9.84 Å². The second-order valence-electron chi connectivity index (χ2n) is 7.11. The molecule has 4 aromatic rings. The van der Waals surface area contributed by atoms with Crippen molar-refractivity contribution in [3.8, 4) is 16.9 Å². The minimum atomic E-state index is -0.823. The lowest BCUT2D eigenvalue weighted by atomic mass is 10.0. The first kappa shape index (κ1) is 19.4. The largest absolute Gasteiger partial charge is 0.491 e. The zero-order valence-electron chi connectivity index (χ0n) is 16.3. The van der Waals surface area contributed by atoms with Gasteiger partial charge in [-0.2, -0.15) is 0 Å². The number of ether oxygens (including phenoxy) is 1. The number of hydrogen-bond donors (Lipinski definition) is 1. The molecule has 0 bridgehead atoms. The lowest BCUT2D eigenvalue weighted by Crippen LogP contribution is -2.30. The molecule has 0 amide bonds. The molecule has 4 rings (SSSR count). The Bertz CT molecular complexity index is 1200. The van der Waals surface area contributed by atoms with Gasteiger partial charge in [0.1, 0.15) is 23.3 Å². The first-order chi connectivity index (χ1) is 14.0. The summed E-state index contributed by atoms with van der Waals surface area (Å²) in [6.45, 7) is 4.35. The molecule has 29 heavy (non-hydrogen) atoms. The van der Waals surface area contributed by atoms with Gasteiger partial charge in [0.15, 0.2) is 0 Å². The van der Waals surface area contributed by atoms with Crippen molar-refractivity contribution in [2.24, 2.45) is 0 Å². The number of benzene rings is 2. The Morgan fingerprint density at radius 2 is 1.93 bits per heavy atom. The molecule has 6 heteroatoms.